The van der Waals surface area contributed by atoms with Gasteiger partial charge in [-0.1, -0.05) is 20.3 Å². The average molecular weight is 187 g/mol. The van der Waals surface area contributed by atoms with Crippen LogP contribution in [0, 0.1) is 5.92 Å². The second-order valence-electron chi connectivity index (χ2n) is 3.93. The summed E-state index contributed by atoms with van der Waals surface area (Å²) in [5.41, 5.74) is 0. The van der Waals surface area contributed by atoms with E-state index in [1.165, 1.54) is 0 Å². The topological polar surface area (TPSA) is 40.5 Å². The Morgan fingerprint density at radius 1 is 1.38 bits per heavy atom. The van der Waals surface area contributed by atoms with Gasteiger partial charge in [-0.05, 0) is 26.8 Å². The van der Waals surface area contributed by atoms with Gasteiger partial charge in [0.25, 0.3) is 0 Å². The lowest BCUT2D eigenvalue weighted by Crippen LogP contribution is -2.46. The van der Waals surface area contributed by atoms with Crippen molar-refractivity contribution in [2.75, 3.05) is 7.05 Å². The SMILES string of the molecule is CC[C@H](C)[C@@H](C(=O)O)N(C)C(C)C. The molecule has 0 fully saturated rings. The Bertz CT molecular complexity index is 168. The van der Waals surface area contributed by atoms with Gasteiger partial charge in [0.2, 0.25) is 0 Å². The number of carbonyl (C=O) groups is 1. The molecule has 78 valence electrons. The first-order chi connectivity index (χ1) is 5.91. The molecule has 3 heteroatoms. The summed E-state index contributed by atoms with van der Waals surface area (Å²) in [6.45, 7) is 8.03. The van der Waals surface area contributed by atoms with Crippen molar-refractivity contribution < 1.29 is 9.90 Å². The van der Waals surface area contributed by atoms with E-state index < -0.39 is 5.97 Å². The first kappa shape index (κ1) is 12.4. The zero-order chi connectivity index (χ0) is 10.6. The van der Waals surface area contributed by atoms with E-state index in [1.807, 2.05) is 39.6 Å². The number of hydrogen-bond acceptors (Lipinski definition) is 2. The first-order valence-electron chi connectivity index (χ1n) is 4.86. The van der Waals surface area contributed by atoms with Crippen molar-refractivity contribution in [3.8, 4) is 0 Å². The largest absolute Gasteiger partial charge is 0.480 e. The Kier molecular flexibility index (Phi) is 4.99. The molecular weight excluding hydrogens is 166 g/mol. The molecule has 1 N–H and O–H groups in total. The zero-order valence-corrected chi connectivity index (χ0v) is 9.24. The summed E-state index contributed by atoms with van der Waals surface area (Å²) in [7, 11) is 1.87. The summed E-state index contributed by atoms with van der Waals surface area (Å²) < 4.78 is 0. The fourth-order valence-corrected chi connectivity index (χ4v) is 1.36. The Hall–Kier alpha value is -0.570. The number of carboxylic acids is 1. The highest BCUT2D eigenvalue weighted by Gasteiger charge is 2.28. The number of rotatable bonds is 5. The van der Waals surface area contributed by atoms with Gasteiger partial charge >= 0.3 is 5.97 Å². The summed E-state index contributed by atoms with van der Waals surface area (Å²) in [5.74, 6) is -0.518. The molecule has 0 spiro atoms. The third-order valence-electron chi connectivity index (χ3n) is 2.69. The van der Waals surface area contributed by atoms with Crippen LogP contribution >= 0.6 is 0 Å². The predicted octanol–water partition coefficient (Wildman–Crippen LogP) is 1.83. The minimum Gasteiger partial charge on any atom is -0.480 e. The van der Waals surface area contributed by atoms with E-state index in [0.29, 0.717) is 0 Å². The monoisotopic (exact) mass is 187 g/mol. The quantitative estimate of drug-likeness (QED) is 0.713. The van der Waals surface area contributed by atoms with Crippen LogP contribution in [0.2, 0.25) is 0 Å². The molecule has 2 atom stereocenters. The Morgan fingerprint density at radius 3 is 2.08 bits per heavy atom. The van der Waals surface area contributed by atoms with E-state index in [1.54, 1.807) is 0 Å². The van der Waals surface area contributed by atoms with Crippen molar-refractivity contribution in [1.29, 1.82) is 0 Å². The summed E-state index contributed by atoms with van der Waals surface area (Å²) >= 11 is 0. The van der Waals surface area contributed by atoms with Crippen molar-refractivity contribution in [3.63, 3.8) is 0 Å². The minimum atomic E-state index is -0.717. The molecule has 0 rings (SSSR count). The number of aliphatic carboxylic acids is 1. The van der Waals surface area contributed by atoms with Crippen molar-refractivity contribution in [1.82, 2.24) is 4.90 Å². The van der Waals surface area contributed by atoms with Gasteiger partial charge in [0.1, 0.15) is 6.04 Å². The minimum absolute atomic E-state index is 0.199. The summed E-state index contributed by atoms with van der Waals surface area (Å²) in [5, 5.41) is 9.05. The van der Waals surface area contributed by atoms with Crippen LogP contribution in [0.15, 0.2) is 0 Å². The van der Waals surface area contributed by atoms with Crippen molar-refractivity contribution in [3.05, 3.63) is 0 Å². The maximum atomic E-state index is 11.0. The molecule has 0 radical (unpaired) electrons. The molecule has 13 heavy (non-hydrogen) atoms. The third-order valence-corrected chi connectivity index (χ3v) is 2.69. The third kappa shape index (κ3) is 3.35. The fourth-order valence-electron chi connectivity index (χ4n) is 1.36. The van der Waals surface area contributed by atoms with Gasteiger partial charge in [-0.3, -0.25) is 9.69 Å². The van der Waals surface area contributed by atoms with Gasteiger partial charge in [-0.2, -0.15) is 0 Å². The first-order valence-corrected chi connectivity index (χ1v) is 4.86. The zero-order valence-electron chi connectivity index (χ0n) is 9.24. The highest BCUT2D eigenvalue weighted by Crippen LogP contribution is 2.15. The summed E-state index contributed by atoms with van der Waals surface area (Å²) in [4.78, 5) is 12.9. The molecule has 0 aliphatic heterocycles. The predicted molar refractivity (Wildman–Crippen MR) is 53.8 cm³/mol. The van der Waals surface area contributed by atoms with Gasteiger partial charge in [-0.25, -0.2) is 0 Å². The highest BCUT2D eigenvalue weighted by atomic mass is 16.4. The van der Waals surface area contributed by atoms with Gasteiger partial charge in [0, 0.05) is 6.04 Å². The summed E-state index contributed by atoms with van der Waals surface area (Å²) in [6, 6.07) is -0.0832. The molecule has 0 aromatic carbocycles. The van der Waals surface area contributed by atoms with Crippen molar-refractivity contribution >= 4 is 5.97 Å². The van der Waals surface area contributed by atoms with Gasteiger partial charge < -0.3 is 5.11 Å². The van der Waals surface area contributed by atoms with Crippen LogP contribution in [0.25, 0.3) is 0 Å². The van der Waals surface area contributed by atoms with Gasteiger partial charge in [0.05, 0.1) is 0 Å². The molecule has 0 bridgehead atoms. The number of carboxylic acid groups (broad SMARTS) is 1. The van der Waals surface area contributed by atoms with Gasteiger partial charge in [-0.15, -0.1) is 0 Å². The molecule has 0 heterocycles. The van der Waals surface area contributed by atoms with Crippen LogP contribution in [0.4, 0.5) is 0 Å². The number of likely N-dealkylation sites (N-methyl/N-ethyl adjacent to an activating group) is 1. The molecular formula is C10H21NO2. The normalized spacial score (nSPS) is 16.2. The average Bonchev–Trinajstić information content (AvgIpc) is 2.03. The highest BCUT2D eigenvalue weighted by molar-refractivity contribution is 5.73. The van der Waals surface area contributed by atoms with E-state index in [0.717, 1.165) is 6.42 Å². The second kappa shape index (κ2) is 5.22. The number of nitrogens with zero attached hydrogens (tertiary/aromatic N) is 1. The van der Waals surface area contributed by atoms with E-state index in [4.69, 9.17) is 5.11 Å². The van der Waals surface area contributed by atoms with Crippen LogP contribution in [-0.2, 0) is 4.79 Å². The second-order valence-corrected chi connectivity index (χ2v) is 3.93. The molecule has 0 aromatic heterocycles. The van der Waals surface area contributed by atoms with E-state index in [9.17, 15) is 4.79 Å². The van der Waals surface area contributed by atoms with Crippen LogP contribution in [0.5, 0.6) is 0 Å². The molecule has 0 unspecified atom stereocenters. The maximum Gasteiger partial charge on any atom is 0.321 e. The lowest BCUT2D eigenvalue weighted by molar-refractivity contribution is -0.145. The van der Waals surface area contributed by atoms with Gasteiger partial charge in [0.15, 0.2) is 0 Å². The lowest BCUT2D eigenvalue weighted by atomic mass is 9.97. The fraction of sp³-hybridized carbons (Fsp3) is 0.900. The molecule has 0 aromatic rings. The Labute approximate surface area is 80.7 Å². The molecule has 3 nitrogen and oxygen atoms in total. The smallest absolute Gasteiger partial charge is 0.321 e. The Morgan fingerprint density at radius 2 is 1.85 bits per heavy atom. The van der Waals surface area contributed by atoms with E-state index in [2.05, 4.69) is 0 Å². The molecule has 0 saturated carbocycles. The molecule has 0 aliphatic rings. The van der Waals surface area contributed by atoms with E-state index in [-0.39, 0.29) is 18.0 Å². The molecule has 0 saturated heterocycles. The van der Waals surface area contributed by atoms with Crippen molar-refractivity contribution in [2.24, 2.45) is 5.92 Å². The standard InChI is InChI=1S/C10H21NO2/c1-6-8(4)9(10(12)13)11(5)7(2)3/h7-9H,6H2,1-5H3,(H,12,13)/t8-,9-/m0/s1. The molecule has 0 aliphatic carbocycles. The number of hydrogen-bond donors (Lipinski definition) is 1. The van der Waals surface area contributed by atoms with Crippen LogP contribution in [0.1, 0.15) is 34.1 Å². The van der Waals surface area contributed by atoms with Crippen molar-refractivity contribution in [2.45, 2.75) is 46.2 Å². The summed E-state index contributed by atoms with van der Waals surface area (Å²) in [6.07, 6.45) is 0.897. The lowest BCUT2D eigenvalue weighted by Gasteiger charge is -2.31. The maximum absolute atomic E-state index is 11.0. The van der Waals surface area contributed by atoms with Crippen LogP contribution in [-0.4, -0.2) is 35.1 Å². The van der Waals surface area contributed by atoms with E-state index >= 15 is 0 Å². The van der Waals surface area contributed by atoms with Crippen LogP contribution in [0.3, 0.4) is 0 Å². The van der Waals surface area contributed by atoms with Crippen LogP contribution < -0.4 is 0 Å². The Balaban J connectivity index is 4.50. The molecule has 0 amide bonds.